The number of aromatic nitrogens is 3. The van der Waals surface area contributed by atoms with Crippen molar-refractivity contribution in [3.05, 3.63) is 83.0 Å². The number of hydrogen-bond acceptors (Lipinski definition) is 4. The van der Waals surface area contributed by atoms with Crippen LogP contribution in [0.25, 0.3) is 33.4 Å². The van der Waals surface area contributed by atoms with Gasteiger partial charge in [-0.05, 0) is 30.7 Å². The Labute approximate surface area is 184 Å². The number of aryl methyl sites for hydroxylation is 1. The van der Waals surface area contributed by atoms with Crippen molar-refractivity contribution in [3.63, 3.8) is 0 Å². The highest BCUT2D eigenvalue weighted by atomic mass is 35.5. The minimum Gasteiger partial charge on any atom is -0.454 e. The number of benzene rings is 3. The summed E-state index contributed by atoms with van der Waals surface area (Å²) in [6.45, 7) is 2.99. The molecule has 0 radical (unpaired) electrons. The summed E-state index contributed by atoms with van der Waals surface area (Å²) in [5.41, 5.74) is 7.16. The highest BCUT2D eigenvalue weighted by molar-refractivity contribution is 6.30. The van der Waals surface area contributed by atoms with Crippen molar-refractivity contribution in [2.45, 2.75) is 13.5 Å². The van der Waals surface area contributed by atoms with Gasteiger partial charge in [-0.25, -0.2) is 0 Å². The Hall–Kier alpha value is -3.57. The molecule has 0 saturated heterocycles. The lowest BCUT2D eigenvalue weighted by atomic mass is 10.0. The number of rotatable bonds is 3. The van der Waals surface area contributed by atoms with Crippen molar-refractivity contribution < 1.29 is 9.47 Å². The molecule has 0 aliphatic carbocycles. The number of pyridine rings is 1. The standard InChI is InChI=1S/C25H18ClN3O2/c1-15-2-6-17(7-3-15)24-20-13-29(12-16-4-8-18(26)9-5-16)21-11-23-22(30-14-31-23)10-19(21)25(20)28-27-24/h2-11,13H,12,14H2,1H3. The minimum absolute atomic E-state index is 0.229. The Morgan fingerprint density at radius 2 is 1.61 bits per heavy atom. The molecule has 3 aromatic carbocycles. The second-order valence-corrected chi connectivity index (χ2v) is 8.22. The zero-order chi connectivity index (χ0) is 20.9. The molecule has 0 amide bonds. The van der Waals surface area contributed by atoms with Crippen LogP contribution in [0.1, 0.15) is 11.1 Å². The molecule has 0 fully saturated rings. The van der Waals surface area contributed by atoms with E-state index in [0.29, 0.717) is 6.54 Å². The van der Waals surface area contributed by atoms with Gasteiger partial charge in [0.25, 0.3) is 0 Å². The average Bonchev–Trinajstić information content (AvgIpc) is 3.41. The Kier molecular flexibility index (Phi) is 4.11. The van der Waals surface area contributed by atoms with Crippen LogP contribution in [0.15, 0.2) is 66.9 Å². The fourth-order valence-electron chi connectivity index (χ4n) is 4.07. The van der Waals surface area contributed by atoms with E-state index in [9.17, 15) is 0 Å². The van der Waals surface area contributed by atoms with Gasteiger partial charge in [0.05, 0.1) is 5.52 Å². The van der Waals surface area contributed by atoms with Crippen molar-refractivity contribution >= 4 is 22.5 Å². The highest BCUT2D eigenvalue weighted by Crippen LogP contribution is 2.42. The predicted octanol–water partition coefficient (Wildman–Crippen LogP) is 5.94. The Bertz CT molecular complexity index is 1390. The van der Waals surface area contributed by atoms with E-state index in [4.69, 9.17) is 21.1 Å². The minimum atomic E-state index is 0.229. The van der Waals surface area contributed by atoms with Crippen molar-refractivity contribution in [2.24, 2.45) is 0 Å². The van der Waals surface area contributed by atoms with E-state index >= 15 is 0 Å². The van der Waals surface area contributed by atoms with E-state index in [1.54, 1.807) is 0 Å². The summed E-state index contributed by atoms with van der Waals surface area (Å²) < 4.78 is 13.5. The van der Waals surface area contributed by atoms with Crippen LogP contribution in [0.3, 0.4) is 0 Å². The van der Waals surface area contributed by atoms with Gasteiger partial charge >= 0.3 is 0 Å². The SMILES string of the molecule is Cc1ccc(-c2nnc3c4cc5c(cc4n(Cc4ccc(Cl)cc4)cc2-3)OCO5)cc1. The zero-order valence-corrected chi connectivity index (χ0v) is 17.6. The maximum absolute atomic E-state index is 6.08. The lowest BCUT2D eigenvalue weighted by molar-refractivity contribution is 0.174. The lowest BCUT2D eigenvalue weighted by Crippen LogP contribution is -2.04. The normalized spacial score (nSPS) is 12.7. The van der Waals surface area contributed by atoms with Gasteiger partial charge in [0.15, 0.2) is 11.5 Å². The molecule has 3 aliphatic heterocycles. The van der Waals surface area contributed by atoms with E-state index in [0.717, 1.165) is 55.5 Å². The fourth-order valence-corrected chi connectivity index (χ4v) is 4.19. The number of fused-ring (bicyclic) bond motifs is 4. The molecular formula is C25H18ClN3O2. The van der Waals surface area contributed by atoms with Gasteiger partial charge in [-0.3, -0.25) is 0 Å². The van der Waals surface area contributed by atoms with Crippen LogP contribution in [0.4, 0.5) is 0 Å². The molecule has 3 aromatic rings. The number of nitrogens with zero attached hydrogens (tertiary/aromatic N) is 3. The van der Waals surface area contributed by atoms with Crippen molar-refractivity contribution in [2.75, 3.05) is 6.79 Å². The predicted molar refractivity (Wildman–Crippen MR) is 121 cm³/mol. The molecule has 0 unspecified atom stereocenters. The van der Waals surface area contributed by atoms with Crippen molar-refractivity contribution in [3.8, 4) is 34.0 Å². The van der Waals surface area contributed by atoms with Gasteiger partial charge in [0, 0.05) is 40.3 Å². The molecule has 31 heavy (non-hydrogen) atoms. The van der Waals surface area contributed by atoms with E-state index in [-0.39, 0.29) is 6.79 Å². The van der Waals surface area contributed by atoms with Gasteiger partial charge in [-0.2, -0.15) is 0 Å². The summed E-state index contributed by atoms with van der Waals surface area (Å²) in [5.74, 6) is 1.48. The molecule has 0 saturated carbocycles. The Morgan fingerprint density at radius 3 is 2.39 bits per heavy atom. The van der Waals surface area contributed by atoms with Crippen LogP contribution in [0.2, 0.25) is 5.02 Å². The summed E-state index contributed by atoms with van der Waals surface area (Å²) in [5, 5.41) is 10.8. The summed E-state index contributed by atoms with van der Waals surface area (Å²) in [4.78, 5) is 0. The van der Waals surface area contributed by atoms with Gasteiger partial charge in [0.1, 0.15) is 11.4 Å². The van der Waals surface area contributed by atoms with Gasteiger partial charge in [0.2, 0.25) is 6.79 Å². The van der Waals surface area contributed by atoms with Gasteiger partial charge in [-0.15, -0.1) is 10.2 Å². The fraction of sp³-hybridized carbons (Fsp3) is 0.120. The van der Waals surface area contributed by atoms with E-state index < -0.39 is 0 Å². The van der Waals surface area contributed by atoms with Crippen LogP contribution in [-0.4, -0.2) is 21.6 Å². The van der Waals surface area contributed by atoms with Crippen LogP contribution in [0, 0.1) is 6.92 Å². The molecule has 0 N–H and O–H groups in total. The maximum atomic E-state index is 6.08. The molecule has 5 nitrogen and oxygen atoms in total. The number of ether oxygens (including phenoxy) is 2. The summed E-state index contributed by atoms with van der Waals surface area (Å²) in [7, 11) is 0. The third-order valence-electron chi connectivity index (χ3n) is 5.69. The van der Waals surface area contributed by atoms with E-state index in [1.807, 2.05) is 36.4 Å². The first-order chi connectivity index (χ1) is 15.2. The monoisotopic (exact) mass is 427 g/mol. The zero-order valence-electron chi connectivity index (χ0n) is 16.8. The van der Waals surface area contributed by atoms with Crippen LogP contribution >= 0.6 is 11.6 Å². The third-order valence-corrected chi connectivity index (χ3v) is 5.94. The van der Waals surface area contributed by atoms with E-state index in [2.05, 4.69) is 52.2 Å². The van der Waals surface area contributed by atoms with Crippen molar-refractivity contribution in [1.29, 1.82) is 0 Å². The Morgan fingerprint density at radius 1 is 0.903 bits per heavy atom. The second kappa shape index (κ2) is 7.00. The number of halogens is 1. The van der Waals surface area contributed by atoms with Crippen LogP contribution in [0.5, 0.6) is 11.5 Å². The third kappa shape index (κ3) is 3.09. The summed E-state index contributed by atoms with van der Waals surface area (Å²) >= 11 is 6.08. The topological polar surface area (TPSA) is 49.2 Å². The lowest BCUT2D eigenvalue weighted by Gasteiger charge is -2.16. The first-order valence-electron chi connectivity index (χ1n) is 10.1. The molecule has 152 valence electrons. The first kappa shape index (κ1) is 18.2. The highest BCUT2D eigenvalue weighted by Gasteiger charge is 2.24. The molecule has 0 bridgehead atoms. The maximum Gasteiger partial charge on any atom is 0.231 e. The average molecular weight is 428 g/mol. The van der Waals surface area contributed by atoms with Crippen molar-refractivity contribution in [1.82, 2.24) is 14.8 Å². The molecule has 3 heterocycles. The smallest absolute Gasteiger partial charge is 0.231 e. The molecule has 0 atom stereocenters. The van der Waals surface area contributed by atoms with Crippen LogP contribution < -0.4 is 9.47 Å². The first-order valence-corrected chi connectivity index (χ1v) is 10.4. The second-order valence-electron chi connectivity index (χ2n) is 7.78. The number of hydrogen-bond donors (Lipinski definition) is 0. The van der Waals surface area contributed by atoms with Gasteiger partial charge < -0.3 is 14.0 Å². The summed E-state index contributed by atoms with van der Waals surface area (Å²) in [6.07, 6.45) is 2.13. The van der Waals surface area contributed by atoms with E-state index in [1.165, 1.54) is 5.56 Å². The molecule has 0 spiro atoms. The summed E-state index contributed by atoms with van der Waals surface area (Å²) in [6, 6.07) is 20.3. The molecular weight excluding hydrogens is 410 g/mol. The van der Waals surface area contributed by atoms with Crippen LogP contribution in [-0.2, 0) is 6.54 Å². The molecule has 6 heteroatoms. The quantitative estimate of drug-likeness (QED) is 0.357. The van der Waals surface area contributed by atoms with Gasteiger partial charge in [-0.1, -0.05) is 53.6 Å². The molecule has 0 aromatic heterocycles. The molecule has 6 rings (SSSR count). The largest absolute Gasteiger partial charge is 0.454 e. The molecule has 3 aliphatic rings. The Balaban J connectivity index is 1.59.